The molecule has 18 heavy (non-hydrogen) atoms. The maximum atomic E-state index is 14.5. The number of halogens is 1. The first-order valence-corrected chi connectivity index (χ1v) is 6.88. The maximum absolute atomic E-state index is 14.5. The summed E-state index contributed by atoms with van der Waals surface area (Å²) in [7, 11) is 0. The molecule has 0 aromatic heterocycles. The van der Waals surface area contributed by atoms with Crippen molar-refractivity contribution in [3.05, 3.63) is 35.4 Å². The van der Waals surface area contributed by atoms with E-state index in [9.17, 15) is 4.39 Å². The first kappa shape index (κ1) is 15.2. The maximum Gasteiger partial charge on any atom is 0.129 e. The molecule has 1 nitrogen and oxygen atoms in total. The van der Waals surface area contributed by atoms with Crippen LogP contribution in [0.2, 0.25) is 0 Å². The molecular weight excluding hydrogens is 225 g/mol. The second-order valence-electron chi connectivity index (χ2n) is 5.89. The fourth-order valence-corrected chi connectivity index (χ4v) is 2.34. The summed E-state index contributed by atoms with van der Waals surface area (Å²) in [4.78, 5) is 0. The molecule has 0 amide bonds. The largest absolute Gasteiger partial charge is 0.330 e. The van der Waals surface area contributed by atoms with Crippen molar-refractivity contribution in [1.82, 2.24) is 0 Å². The molecule has 0 aliphatic heterocycles. The van der Waals surface area contributed by atoms with Crippen LogP contribution < -0.4 is 5.73 Å². The minimum Gasteiger partial charge on any atom is -0.330 e. The highest BCUT2D eigenvalue weighted by Gasteiger charge is 2.24. The van der Waals surface area contributed by atoms with Crippen molar-refractivity contribution < 1.29 is 4.39 Å². The summed E-state index contributed by atoms with van der Waals surface area (Å²) in [6.45, 7) is 8.81. The van der Waals surface area contributed by atoms with Crippen molar-refractivity contribution in [2.75, 3.05) is 6.54 Å². The molecule has 2 unspecified atom stereocenters. The van der Waals surface area contributed by atoms with Crippen LogP contribution in [-0.2, 0) is 6.42 Å². The zero-order valence-corrected chi connectivity index (χ0v) is 12.0. The topological polar surface area (TPSA) is 26.0 Å². The van der Waals surface area contributed by atoms with Gasteiger partial charge < -0.3 is 5.73 Å². The van der Waals surface area contributed by atoms with Crippen molar-refractivity contribution in [3.8, 4) is 0 Å². The molecule has 0 spiro atoms. The van der Waals surface area contributed by atoms with E-state index in [4.69, 9.17) is 5.73 Å². The highest BCUT2D eigenvalue weighted by atomic mass is 19.1. The average Bonchev–Trinajstić information content (AvgIpc) is 2.28. The van der Waals surface area contributed by atoms with Gasteiger partial charge in [0.25, 0.3) is 0 Å². The van der Waals surface area contributed by atoms with Gasteiger partial charge in [-0.25, -0.2) is 4.39 Å². The predicted octanol–water partition coefficient (Wildman–Crippen LogP) is 4.13. The quantitative estimate of drug-likeness (QED) is 0.808. The van der Waals surface area contributed by atoms with Crippen LogP contribution in [0.25, 0.3) is 0 Å². The Balaban J connectivity index is 2.88. The molecule has 0 saturated carbocycles. The average molecular weight is 251 g/mol. The second-order valence-corrected chi connectivity index (χ2v) is 5.89. The van der Waals surface area contributed by atoms with Crippen LogP contribution in [0.15, 0.2) is 24.3 Å². The van der Waals surface area contributed by atoms with Gasteiger partial charge in [-0.05, 0) is 35.9 Å². The van der Waals surface area contributed by atoms with E-state index < -0.39 is 6.17 Å². The van der Waals surface area contributed by atoms with Gasteiger partial charge in [0.05, 0.1) is 0 Å². The lowest BCUT2D eigenvalue weighted by Gasteiger charge is -2.23. The SMILES string of the molecule is CC(C)Cc1cccc(C(F)C(CN)C(C)C)c1. The molecule has 1 aromatic rings. The van der Waals surface area contributed by atoms with Crippen LogP contribution in [0.4, 0.5) is 4.39 Å². The molecule has 2 atom stereocenters. The number of hydrogen-bond acceptors (Lipinski definition) is 1. The van der Waals surface area contributed by atoms with Gasteiger partial charge in [-0.2, -0.15) is 0 Å². The van der Waals surface area contributed by atoms with Crippen molar-refractivity contribution in [2.24, 2.45) is 23.5 Å². The molecule has 0 saturated heterocycles. The Kier molecular flexibility index (Phi) is 5.80. The van der Waals surface area contributed by atoms with Crippen LogP contribution in [0.3, 0.4) is 0 Å². The Morgan fingerprint density at radius 3 is 2.33 bits per heavy atom. The molecule has 2 heteroatoms. The van der Waals surface area contributed by atoms with Gasteiger partial charge in [-0.3, -0.25) is 0 Å². The Morgan fingerprint density at radius 1 is 1.17 bits per heavy atom. The van der Waals surface area contributed by atoms with Gasteiger partial charge >= 0.3 is 0 Å². The van der Waals surface area contributed by atoms with E-state index >= 15 is 0 Å². The van der Waals surface area contributed by atoms with Crippen LogP contribution >= 0.6 is 0 Å². The number of hydrogen-bond donors (Lipinski definition) is 1. The normalized spacial score (nSPS) is 15.1. The molecule has 0 aliphatic carbocycles. The van der Waals surface area contributed by atoms with Gasteiger partial charge in [-0.1, -0.05) is 52.0 Å². The Bertz CT molecular complexity index is 360. The molecule has 0 fully saturated rings. The van der Waals surface area contributed by atoms with Crippen LogP contribution in [0, 0.1) is 17.8 Å². The summed E-state index contributed by atoms with van der Waals surface area (Å²) in [5.74, 6) is 0.756. The van der Waals surface area contributed by atoms with E-state index in [1.807, 2.05) is 32.0 Å². The van der Waals surface area contributed by atoms with E-state index in [2.05, 4.69) is 19.9 Å². The molecule has 0 heterocycles. The molecule has 0 aliphatic rings. The fraction of sp³-hybridized carbons (Fsp3) is 0.625. The van der Waals surface area contributed by atoms with Gasteiger partial charge in [0.2, 0.25) is 0 Å². The molecule has 0 radical (unpaired) electrons. The lowest BCUT2D eigenvalue weighted by atomic mass is 9.86. The molecule has 0 bridgehead atoms. The predicted molar refractivity (Wildman–Crippen MR) is 76.2 cm³/mol. The van der Waals surface area contributed by atoms with Gasteiger partial charge in [0, 0.05) is 5.92 Å². The second kappa shape index (κ2) is 6.89. The standard InChI is InChI=1S/C16H26FN/c1-11(2)8-13-6-5-7-14(9-13)16(17)15(10-18)12(3)4/h5-7,9,11-12,15-16H,8,10,18H2,1-4H3. The third-order valence-corrected chi connectivity index (χ3v) is 3.42. The number of rotatable bonds is 6. The van der Waals surface area contributed by atoms with Gasteiger partial charge in [0.1, 0.15) is 6.17 Å². The highest BCUT2D eigenvalue weighted by Crippen LogP contribution is 2.31. The van der Waals surface area contributed by atoms with Crippen molar-refractivity contribution in [1.29, 1.82) is 0 Å². The van der Waals surface area contributed by atoms with Crippen molar-refractivity contribution >= 4 is 0 Å². The molecule has 2 N–H and O–H groups in total. The zero-order chi connectivity index (χ0) is 13.7. The van der Waals surface area contributed by atoms with Crippen LogP contribution in [0.5, 0.6) is 0 Å². The summed E-state index contributed by atoms with van der Waals surface area (Å²) in [6.07, 6.45) is 0.0392. The first-order valence-electron chi connectivity index (χ1n) is 6.88. The van der Waals surface area contributed by atoms with E-state index in [-0.39, 0.29) is 11.8 Å². The number of nitrogens with two attached hydrogens (primary N) is 1. The molecule has 1 rings (SSSR count). The van der Waals surface area contributed by atoms with E-state index in [0.29, 0.717) is 12.5 Å². The Labute approximate surface area is 111 Å². The zero-order valence-electron chi connectivity index (χ0n) is 12.0. The number of benzene rings is 1. The van der Waals surface area contributed by atoms with Crippen molar-refractivity contribution in [3.63, 3.8) is 0 Å². The van der Waals surface area contributed by atoms with Gasteiger partial charge in [0.15, 0.2) is 0 Å². The van der Waals surface area contributed by atoms with E-state index in [1.165, 1.54) is 5.56 Å². The van der Waals surface area contributed by atoms with Gasteiger partial charge in [-0.15, -0.1) is 0 Å². The lowest BCUT2D eigenvalue weighted by Crippen LogP contribution is -2.24. The summed E-state index contributed by atoms with van der Waals surface area (Å²) in [5, 5.41) is 0. The minimum absolute atomic E-state index is 0.0979. The fourth-order valence-electron chi connectivity index (χ4n) is 2.34. The molecular formula is C16H26FN. The summed E-state index contributed by atoms with van der Waals surface area (Å²) < 4.78 is 14.5. The van der Waals surface area contributed by atoms with E-state index in [0.717, 1.165) is 12.0 Å². The molecule has 1 aromatic carbocycles. The monoisotopic (exact) mass is 251 g/mol. The summed E-state index contributed by atoms with van der Waals surface area (Å²) in [6, 6.07) is 7.89. The molecule has 102 valence electrons. The highest BCUT2D eigenvalue weighted by molar-refractivity contribution is 5.26. The van der Waals surface area contributed by atoms with Crippen LogP contribution in [0.1, 0.15) is 45.0 Å². The first-order chi connectivity index (χ1) is 8.45. The third-order valence-electron chi connectivity index (χ3n) is 3.42. The third kappa shape index (κ3) is 4.09. The van der Waals surface area contributed by atoms with Crippen LogP contribution in [-0.4, -0.2) is 6.54 Å². The minimum atomic E-state index is -0.956. The lowest BCUT2D eigenvalue weighted by molar-refractivity contribution is 0.188. The van der Waals surface area contributed by atoms with Crippen molar-refractivity contribution in [2.45, 2.75) is 40.3 Å². The smallest absolute Gasteiger partial charge is 0.129 e. The number of alkyl halides is 1. The Hall–Kier alpha value is -0.890. The van der Waals surface area contributed by atoms with E-state index in [1.54, 1.807) is 0 Å². The Morgan fingerprint density at radius 2 is 1.83 bits per heavy atom. The summed E-state index contributed by atoms with van der Waals surface area (Å²) in [5.41, 5.74) is 7.68. The summed E-state index contributed by atoms with van der Waals surface area (Å²) >= 11 is 0.